The van der Waals surface area contributed by atoms with E-state index in [0.29, 0.717) is 11.1 Å². The van der Waals surface area contributed by atoms with E-state index < -0.39 is 17.5 Å². The van der Waals surface area contributed by atoms with Crippen molar-refractivity contribution in [3.63, 3.8) is 0 Å². The van der Waals surface area contributed by atoms with Crippen molar-refractivity contribution in [2.75, 3.05) is 12.4 Å². The van der Waals surface area contributed by atoms with Gasteiger partial charge in [0.05, 0.1) is 12.8 Å². The molecule has 19 heavy (non-hydrogen) atoms. The molecular weight excluding hydrogens is 317 g/mol. The number of alkyl halides is 1. The Morgan fingerprint density at radius 1 is 1.42 bits per heavy atom. The van der Waals surface area contributed by atoms with E-state index >= 15 is 0 Å². The summed E-state index contributed by atoms with van der Waals surface area (Å²) in [6.45, 7) is 5.21. The maximum Gasteiger partial charge on any atom is 0.412 e. The van der Waals surface area contributed by atoms with E-state index in [2.05, 4.69) is 21.2 Å². The summed E-state index contributed by atoms with van der Waals surface area (Å²) < 4.78 is 23.9. The molecule has 0 heterocycles. The number of nitrogens with one attached hydrogen (secondary N) is 1. The molecule has 0 atom stereocenters. The van der Waals surface area contributed by atoms with E-state index in [9.17, 15) is 9.18 Å². The average Bonchev–Trinajstić information content (AvgIpc) is 2.28. The molecule has 4 nitrogen and oxygen atoms in total. The van der Waals surface area contributed by atoms with Crippen LogP contribution in [0.4, 0.5) is 14.9 Å². The van der Waals surface area contributed by atoms with Gasteiger partial charge in [0.15, 0.2) is 5.82 Å². The van der Waals surface area contributed by atoms with Gasteiger partial charge < -0.3 is 9.47 Å². The third-order valence-electron chi connectivity index (χ3n) is 2.15. The Morgan fingerprint density at radius 3 is 2.53 bits per heavy atom. The minimum Gasteiger partial charge on any atom is -0.496 e. The molecule has 0 aliphatic heterocycles. The SMILES string of the molecule is COc1cc(F)c(NC(=O)OC(C)(C)C)cc1CBr. The number of carbonyl (C=O) groups excluding carboxylic acids is 1. The average molecular weight is 334 g/mol. The van der Waals surface area contributed by atoms with Gasteiger partial charge in [-0.15, -0.1) is 0 Å². The molecule has 0 spiro atoms. The number of carbonyl (C=O) groups is 1. The predicted octanol–water partition coefficient (Wildman–Crippen LogP) is 4.08. The third kappa shape index (κ3) is 4.70. The number of hydrogen-bond acceptors (Lipinski definition) is 3. The number of rotatable bonds is 3. The number of benzene rings is 1. The molecule has 0 fully saturated rings. The van der Waals surface area contributed by atoms with Crippen LogP contribution in [0.5, 0.6) is 5.75 Å². The van der Waals surface area contributed by atoms with E-state index in [-0.39, 0.29) is 5.69 Å². The number of anilines is 1. The molecule has 0 radical (unpaired) electrons. The van der Waals surface area contributed by atoms with Crippen LogP contribution in [0.15, 0.2) is 12.1 Å². The van der Waals surface area contributed by atoms with Crippen molar-refractivity contribution in [2.24, 2.45) is 0 Å². The van der Waals surface area contributed by atoms with Crippen molar-refractivity contribution in [3.8, 4) is 5.75 Å². The summed E-state index contributed by atoms with van der Waals surface area (Å²) in [5, 5.41) is 2.87. The zero-order valence-corrected chi connectivity index (χ0v) is 12.9. The van der Waals surface area contributed by atoms with Crippen molar-refractivity contribution in [2.45, 2.75) is 31.7 Å². The Balaban J connectivity index is 2.93. The summed E-state index contributed by atoms with van der Waals surface area (Å²) in [6, 6.07) is 2.73. The maximum absolute atomic E-state index is 13.8. The summed E-state index contributed by atoms with van der Waals surface area (Å²) in [5.41, 5.74) is 0.158. The first-order valence-corrected chi connectivity index (χ1v) is 6.81. The Hall–Kier alpha value is -1.30. The number of hydrogen-bond donors (Lipinski definition) is 1. The number of ether oxygens (including phenoxy) is 2. The molecule has 0 saturated heterocycles. The highest BCUT2D eigenvalue weighted by atomic mass is 79.9. The van der Waals surface area contributed by atoms with Gasteiger partial charge in [-0.25, -0.2) is 9.18 Å². The third-order valence-corrected chi connectivity index (χ3v) is 2.75. The van der Waals surface area contributed by atoms with Gasteiger partial charge in [0.1, 0.15) is 11.4 Å². The summed E-state index contributed by atoms with van der Waals surface area (Å²) in [5.74, 6) is -0.156. The van der Waals surface area contributed by atoms with E-state index in [0.717, 1.165) is 5.56 Å². The summed E-state index contributed by atoms with van der Waals surface area (Å²) in [4.78, 5) is 11.6. The van der Waals surface area contributed by atoms with Crippen LogP contribution in [0.3, 0.4) is 0 Å². The second-order valence-electron chi connectivity index (χ2n) is 4.90. The highest BCUT2D eigenvalue weighted by Crippen LogP contribution is 2.28. The molecule has 0 saturated carbocycles. The van der Waals surface area contributed by atoms with Gasteiger partial charge in [0, 0.05) is 17.0 Å². The normalized spacial score (nSPS) is 11.1. The molecule has 0 aliphatic rings. The van der Waals surface area contributed by atoms with E-state index in [1.165, 1.54) is 19.2 Å². The van der Waals surface area contributed by atoms with Crippen molar-refractivity contribution in [1.82, 2.24) is 0 Å². The van der Waals surface area contributed by atoms with Crippen LogP contribution in [0.2, 0.25) is 0 Å². The van der Waals surface area contributed by atoms with Crippen molar-refractivity contribution < 1.29 is 18.7 Å². The lowest BCUT2D eigenvalue weighted by Gasteiger charge is -2.20. The molecule has 0 bridgehead atoms. The van der Waals surface area contributed by atoms with Crippen LogP contribution in [0.25, 0.3) is 0 Å². The Morgan fingerprint density at radius 2 is 2.05 bits per heavy atom. The van der Waals surface area contributed by atoms with E-state index in [1.807, 2.05) is 0 Å². The van der Waals surface area contributed by atoms with Crippen molar-refractivity contribution >= 4 is 27.7 Å². The molecule has 1 aromatic rings. The first kappa shape index (κ1) is 15.8. The van der Waals surface area contributed by atoms with Gasteiger partial charge in [0.25, 0.3) is 0 Å². The van der Waals surface area contributed by atoms with Crippen LogP contribution < -0.4 is 10.1 Å². The lowest BCUT2D eigenvalue weighted by atomic mass is 10.2. The molecule has 1 rings (SSSR count). The number of methoxy groups -OCH3 is 1. The first-order valence-electron chi connectivity index (χ1n) is 5.69. The van der Waals surface area contributed by atoms with Crippen LogP contribution >= 0.6 is 15.9 Å². The topological polar surface area (TPSA) is 47.6 Å². The molecule has 0 aromatic heterocycles. The molecule has 1 N–H and O–H groups in total. The predicted molar refractivity (Wildman–Crippen MR) is 75.4 cm³/mol. The number of amides is 1. The highest BCUT2D eigenvalue weighted by molar-refractivity contribution is 9.08. The minimum atomic E-state index is -0.697. The monoisotopic (exact) mass is 333 g/mol. The highest BCUT2D eigenvalue weighted by Gasteiger charge is 2.18. The van der Waals surface area contributed by atoms with Crippen molar-refractivity contribution in [1.29, 1.82) is 0 Å². The molecule has 1 amide bonds. The fourth-order valence-corrected chi connectivity index (χ4v) is 1.84. The van der Waals surface area contributed by atoms with Gasteiger partial charge >= 0.3 is 6.09 Å². The minimum absolute atomic E-state index is 0.0597. The summed E-state index contributed by atoms with van der Waals surface area (Å²) in [6.07, 6.45) is -0.697. The Kier molecular flexibility index (Phi) is 5.17. The van der Waals surface area contributed by atoms with Gasteiger partial charge in [-0.3, -0.25) is 5.32 Å². The number of halogens is 2. The smallest absolute Gasteiger partial charge is 0.412 e. The Labute approximate surface area is 120 Å². The van der Waals surface area contributed by atoms with Crippen LogP contribution in [-0.4, -0.2) is 18.8 Å². The van der Waals surface area contributed by atoms with E-state index in [1.54, 1.807) is 20.8 Å². The lowest BCUT2D eigenvalue weighted by Crippen LogP contribution is -2.27. The molecular formula is C13H17BrFNO3. The second kappa shape index (κ2) is 6.23. The van der Waals surface area contributed by atoms with E-state index in [4.69, 9.17) is 9.47 Å². The largest absolute Gasteiger partial charge is 0.496 e. The van der Waals surface area contributed by atoms with Crippen LogP contribution in [-0.2, 0) is 10.1 Å². The lowest BCUT2D eigenvalue weighted by molar-refractivity contribution is 0.0635. The van der Waals surface area contributed by atoms with Crippen molar-refractivity contribution in [3.05, 3.63) is 23.5 Å². The standard InChI is InChI=1S/C13H17BrFNO3/c1-13(2,3)19-12(17)16-10-5-8(7-14)11(18-4)6-9(10)15/h5-6H,7H2,1-4H3,(H,16,17). The summed E-state index contributed by atoms with van der Waals surface area (Å²) in [7, 11) is 1.46. The fraction of sp³-hybridized carbons (Fsp3) is 0.462. The van der Waals surface area contributed by atoms with Gasteiger partial charge in [0.2, 0.25) is 0 Å². The molecule has 0 unspecified atom stereocenters. The maximum atomic E-state index is 13.8. The molecule has 106 valence electrons. The van der Waals surface area contributed by atoms with Crippen LogP contribution in [0.1, 0.15) is 26.3 Å². The first-order chi connectivity index (χ1) is 8.76. The zero-order chi connectivity index (χ0) is 14.6. The van der Waals surface area contributed by atoms with Gasteiger partial charge in [-0.05, 0) is 26.8 Å². The quantitative estimate of drug-likeness (QED) is 0.848. The fourth-order valence-electron chi connectivity index (χ4n) is 1.40. The molecule has 0 aliphatic carbocycles. The van der Waals surface area contributed by atoms with Crippen LogP contribution in [0, 0.1) is 5.82 Å². The summed E-state index contributed by atoms with van der Waals surface area (Å²) >= 11 is 3.28. The zero-order valence-electron chi connectivity index (χ0n) is 11.3. The molecule has 1 aromatic carbocycles. The second-order valence-corrected chi connectivity index (χ2v) is 5.47. The van der Waals surface area contributed by atoms with Gasteiger partial charge in [-0.2, -0.15) is 0 Å². The molecule has 6 heteroatoms. The Bertz CT molecular complexity index is 472. The van der Waals surface area contributed by atoms with Gasteiger partial charge in [-0.1, -0.05) is 15.9 Å².